The second kappa shape index (κ2) is 4.42. The van der Waals surface area contributed by atoms with E-state index in [1.807, 2.05) is 0 Å². The van der Waals surface area contributed by atoms with Crippen LogP contribution in [0.15, 0.2) is 18.2 Å². The van der Waals surface area contributed by atoms with E-state index < -0.39 is 17.0 Å². The van der Waals surface area contributed by atoms with Crippen molar-refractivity contribution in [1.82, 2.24) is 0 Å². The van der Waals surface area contributed by atoms with Crippen LogP contribution in [0.5, 0.6) is 5.75 Å². The summed E-state index contributed by atoms with van der Waals surface area (Å²) in [5.74, 6) is -1.05. The van der Waals surface area contributed by atoms with Gasteiger partial charge in [-0.15, -0.1) is 11.6 Å². The van der Waals surface area contributed by atoms with Gasteiger partial charge in [0.1, 0.15) is 0 Å². The zero-order valence-electron chi connectivity index (χ0n) is 7.88. The van der Waals surface area contributed by atoms with Crippen molar-refractivity contribution in [3.05, 3.63) is 29.6 Å². The maximum absolute atomic E-state index is 13.5. The predicted molar refractivity (Wildman–Crippen MR) is 52.6 cm³/mol. The third kappa shape index (κ3) is 2.04. The molecule has 14 heavy (non-hydrogen) atoms. The van der Waals surface area contributed by atoms with Gasteiger partial charge in [0.2, 0.25) is 0 Å². The second-order valence-electron chi connectivity index (χ2n) is 2.80. The molecule has 0 spiro atoms. The minimum Gasteiger partial charge on any atom is -0.494 e. The molecule has 0 bridgehead atoms. The van der Waals surface area contributed by atoms with E-state index in [1.54, 1.807) is 6.07 Å². The average molecular weight is 217 g/mol. The first-order valence-corrected chi connectivity index (χ1v) is 4.52. The SMILES string of the molecule is COc1cccc(C(=O)C(C)Cl)c1F. The van der Waals surface area contributed by atoms with E-state index in [9.17, 15) is 9.18 Å². The lowest BCUT2D eigenvalue weighted by atomic mass is 10.1. The molecule has 0 saturated carbocycles. The first-order valence-electron chi connectivity index (χ1n) is 4.08. The van der Waals surface area contributed by atoms with E-state index in [4.69, 9.17) is 16.3 Å². The van der Waals surface area contributed by atoms with E-state index in [0.717, 1.165) is 0 Å². The topological polar surface area (TPSA) is 26.3 Å². The molecule has 1 aromatic carbocycles. The summed E-state index contributed by atoms with van der Waals surface area (Å²) in [6.45, 7) is 1.50. The number of ether oxygens (including phenoxy) is 1. The Bertz CT molecular complexity index is 350. The summed E-state index contributed by atoms with van der Waals surface area (Å²) >= 11 is 5.57. The van der Waals surface area contributed by atoms with Gasteiger partial charge in [-0.25, -0.2) is 4.39 Å². The first kappa shape index (κ1) is 11.0. The van der Waals surface area contributed by atoms with Crippen LogP contribution in [0.3, 0.4) is 0 Å². The van der Waals surface area contributed by atoms with Crippen LogP contribution in [-0.2, 0) is 0 Å². The number of carbonyl (C=O) groups excluding carboxylic acids is 1. The monoisotopic (exact) mass is 216 g/mol. The Morgan fingerprint density at radius 3 is 2.71 bits per heavy atom. The zero-order chi connectivity index (χ0) is 10.7. The van der Waals surface area contributed by atoms with Crippen LogP contribution in [0.2, 0.25) is 0 Å². The van der Waals surface area contributed by atoms with Crippen molar-refractivity contribution in [2.24, 2.45) is 0 Å². The smallest absolute Gasteiger partial charge is 0.183 e. The Kier molecular flexibility index (Phi) is 3.47. The number of hydrogen-bond donors (Lipinski definition) is 0. The van der Waals surface area contributed by atoms with Gasteiger partial charge in [0.25, 0.3) is 0 Å². The number of hydrogen-bond acceptors (Lipinski definition) is 2. The maximum Gasteiger partial charge on any atom is 0.183 e. The standard InChI is InChI=1S/C10H10ClFO2/c1-6(11)10(13)7-4-3-5-8(14-2)9(7)12/h3-6H,1-2H3. The number of halogens is 2. The number of Topliss-reactive ketones (excluding diaryl/α,β-unsaturated/α-hetero) is 1. The van der Waals surface area contributed by atoms with Crippen molar-refractivity contribution in [3.63, 3.8) is 0 Å². The van der Waals surface area contributed by atoms with E-state index >= 15 is 0 Å². The summed E-state index contributed by atoms with van der Waals surface area (Å²) in [6.07, 6.45) is 0. The van der Waals surface area contributed by atoms with Gasteiger partial charge >= 0.3 is 0 Å². The van der Waals surface area contributed by atoms with Gasteiger partial charge in [0, 0.05) is 0 Å². The molecule has 1 rings (SSSR count). The van der Waals surface area contributed by atoms with Crippen molar-refractivity contribution in [2.45, 2.75) is 12.3 Å². The molecule has 0 amide bonds. The van der Waals surface area contributed by atoms with Gasteiger partial charge in [-0.1, -0.05) is 6.07 Å². The highest BCUT2D eigenvalue weighted by atomic mass is 35.5. The quantitative estimate of drug-likeness (QED) is 0.574. The molecule has 0 heterocycles. The second-order valence-corrected chi connectivity index (χ2v) is 3.46. The maximum atomic E-state index is 13.5. The summed E-state index contributed by atoms with van der Waals surface area (Å²) in [6, 6.07) is 4.39. The molecular weight excluding hydrogens is 207 g/mol. The fourth-order valence-electron chi connectivity index (χ4n) is 1.07. The van der Waals surface area contributed by atoms with Crippen molar-refractivity contribution < 1.29 is 13.9 Å². The molecule has 2 nitrogen and oxygen atoms in total. The van der Waals surface area contributed by atoms with E-state index in [0.29, 0.717) is 0 Å². The highest BCUT2D eigenvalue weighted by Crippen LogP contribution is 2.21. The molecule has 0 N–H and O–H groups in total. The lowest BCUT2D eigenvalue weighted by Gasteiger charge is -2.07. The molecule has 0 radical (unpaired) electrons. The molecule has 1 aromatic rings. The Balaban J connectivity index is 3.16. The summed E-state index contributed by atoms with van der Waals surface area (Å²) in [4.78, 5) is 11.4. The van der Waals surface area contributed by atoms with E-state index in [1.165, 1.54) is 26.2 Å². The van der Waals surface area contributed by atoms with Gasteiger partial charge in [0.05, 0.1) is 18.1 Å². The normalized spacial score (nSPS) is 12.3. The molecular formula is C10H10ClFO2. The van der Waals surface area contributed by atoms with Crippen LogP contribution in [0.1, 0.15) is 17.3 Å². The minimum atomic E-state index is -0.739. The minimum absolute atomic E-state index is 0.0353. The zero-order valence-corrected chi connectivity index (χ0v) is 8.64. The third-order valence-corrected chi connectivity index (χ3v) is 2.01. The Hall–Kier alpha value is -1.09. The Labute approximate surface area is 86.6 Å². The first-order chi connectivity index (χ1) is 6.57. The van der Waals surface area contributed by atoms with Crippen LogP contribution in [0, 0.1) is 5.82 Å². The average Bonchev–Trinajstić information content (AvgIpc) is 2.17. The number of alkyl halides is 1. The van der Waals surface area contributed by atoms with Crippen LogP contribution >= 0.6 is 11.6 Å². The van der Waals surface area contributed by atoms with Gasteiger partial charge in [-0.05, 0) is 19.1 Å². The van der Waals surface area contributed by atoms with Crippen molar-refractivity contribution in [3.8, 4) is 5.75 Å². The fourth-order valence-corrected chi connectivity index (χ4v) is 1.19. The van der Waals surface area contributed by atoms with Crippen LogP contribution < -0.4 is 4.74 Å². The number of carbonyl (C=O) groups is 1. The van der Waals surface area contributed by atoms with E-state index in [2.05, 4.69) is 0 Å². The number of benzene rings is 1. The molecule has 0 fully saturated rings. The van der Waals surface area contributed by atoms with Gasteiger partial charge in [0.15, 0.2) is 17.3 Å². The fraction of sp³-hybridized carbons (Fsp3) is 0.300. The molecule has 0 aliphatic heterocycles. The summed E-state index contributed by atoms with van der Waals surface area (Å²) in [7, 11) is 1.34. The number of rotatable bonds is 3. The third-order valence-electron chi connectivity index (χ3n) is 1.81. The van der Waals surface area contributed by atoms with Crippen molar-refractivity contribution in [2.75, 3.05) is 7.11 Å². The Morgan fingerprint density at radius 1 is 1.57 bits per heavy atom. The lowest BCUT2D eigenvalue weighted by Crippen LogP contribution is -2.12. The van der Waals surface area contributed by atoms with Crippen LogP contribution in [0.25, 0.3) is 0 Å². The summed E-state index contributed by atoms with van der Waals surface area (Å²) in [5.41, 5.74) is -0.0353. The number of methoxy groups -OCH3 is 1. The van der Waals surface area contributed by atoms with Crippen molar-refractivity contribution >= 4 is 17.4 Å². The largest absolute Gasteiger partial charge is 0.494 e. The summed E-state index contributed by atoms with van der Waals surface area (Å²) in [5, 5.41) is -0.739. The van der Waals surface area contributed by atoms with Crippen LogP contribution in [0.4, 0.5) is 4.39 Å². The molecule has 1 unspecified atom stereocenters. The van der Waals surface area contributed by atoms with Crippen LogP contribution in [-0.4, -0.2) is 18.3 Å². The van der Waals surface area contributed by atoms with Crippen molar-refractivity contribution in [1.29, 1.82) is 0 Å². The molecule has 0 saturated heterocycles. The summed E-state index contributed by atoms with van der Waals surface area (Å²) < 4.78 is 18.2. The molecule has 0 aliphatic rings. The molecule has 1 atom stereocenters. The molecule has 0 aromatic heterocycles. The highest BCUT2D eigenvalue weighted by Gasteiger charge is 2.18. The van der Waals surface area contributed by atoms with Gasteiger partial charge in [-0.2, -0.15) is 0 Å². The molecule has 76 valence electrons. The van der Waals surface area contributed by atoms with Gasteiger partial charge in [-0.3, -0.25) is 4.79 Å². The predicted octanol–water partition coefficient (Wildman–Crippen LogP) is 2.64. The highest BCUT2D eigenvalue weighted by molar-refractivity contribution is 6.33. The molecule has 4 heteroatoms. The van der Waals surface area contributed by atoms with E-state index in [-0.39, 0.29) is 11.3 Å². The molecule has 0 aliphatic carbocycles. The number of ketones is 1. The Morgan fingerprint density at radius 2 is 2.21 bits per heavy atom. The lowest BCUT2D eigenvalue weighted by molar-refractivity contribution is 0.0987. The van der Waals surface area contributed by atoms with Gasteiger partial charge < -0.3 is 4.74 Å².